The van der Waals surface area contributed by atoms with Gasteiger partial charge in [0.25, 0.3) is 0 Å². The number of benzene rings is 1. The van der Waals surface area contributed by atoms with Crippen LogP contribution in [0.15, 0.2) is 30.3 Å². The van der Waals surface area contributed by atoms with Crippen molar-refractivity contribution in [2.75, 3.05) is 43.8 Å². The van der Waals surface area contributed by atoms with Crippen molar-refractivity contribution in [1.82, 2.24) is 4.90 Å². The minimum absolute atomic E-state index is 0.0648. The Kier molecular flexibility index (Phi) is 6.23. The third kappa shape index (κ3) is 4.97. The van der Waals surface area contributed by atoms with Crippen molar-refractivity contribution in [3.8, 4) is 0 Å². The number of sulfonamides is 1. The van der Waals surface area contributed by atoms with E-state index in [4.69, 9.17) is 4.74 Å². The first-order valence-corrected chi connectivity index (χ1v) is 9.42. The summed E-state index contributed by atoms with van der Waals surface area (Å²) in [7, 11) is 0.500. The number of rotatable bonds is 7. The number of anilines is 1. The molecule has 0 saturated carbocycles. The van der Waals surface area contributed by atoms with E-state index in [1.165, 1.54) is 4.31 Å². The molecule has 0 aliphatic carbocycles. The number of likely N-dealkylation sites (N-methyl/N-ethyl adjacent to an activating group) is 1. The van der Waals surface area contributed by atoms with Crippen LogP contribution in [0.4, 0.5) is 5.69 Å². The molecule has 1 aromatic carbocycles. The Balaban J connectivity index is 2.15. The number of nitrogens with zero attached hydrogens (tertiary/aromatic N) is 2. The highest BCUT2D eigenvalue weighted by molar-refractivity contribution is 7.92. The standard InChI is InChI=1S/C16H26N2O3S/c1-17(2)11-12-18(15-8-4-3-5-9-15)22(19,20)14-16-10-6-7-13-21-16/h3-5,8-9,16H,6-7,10-14H2,1-2H3/t16-/m1/s1. The summed E-state index contributed by atoms with van der Waals surface area (Å²) in [5, 5.41) is 0. The van der Waals surface area contributed by atoms with E-state index in [0.717, 1.165) is 24.9 Å². The van der Waals surface area contributed by atoms with Crippen LogP contribution in [0.1, 0.15) is 19.3 Å². The van der Waals surface area contributed by atoms with Crippen molar-refractivity contribution in [3.63, 3.8) is 0 Å². The summed E-state index contributed by atoms with van der Waals surface area (Å²) < 4.78 is 32.8. The van der Waals surface area contributed by atoms with Crippen LogP contribution in [0.5, 0.6) is 0 Å². The molecule has 6 heteroatoms. The monoisotopic (exact) mass is 326 g/mol. The van der Waals surface area contributed by atoms with Crippen LogP contribution < -0.4 is 4.31 Å². The van der Waals surface area contributed by atoms with Crippen LogP contribution in [0.2, 0.25) is 0 Å². The summed E-state index contributed by atoms with van der Waals surface area (Å²) >= 11 is 0. The molecule has 1 saturated heterocycles. The zero-order valence-corrected chi connectivity index (χ0v) is 14.3. The lowest BCUT2D eigenvalue weighted by atomic mass is 10.1. The third-order valence-corrected chi connectivity index (χ3v) is 5.66. The van der Waals surface area contributed by atoms with Crippen molar-refractivity contribution in [1.29, 1.82) is 0 Å². The van der Waals surface area contributed by atoms with Crippen molar-refractivity contribution < 1.29 is 13.2 Å². The van der Waals surface area contributed by atoms with Gasteiger partial charge in [0.15, 0.2) is 0 Å². The predicted molar refractivity (Wildman–Crippen MR) is 89.7 cm³/mol. The normalized spacial score (nSPS) is 19.3. The molecule has 0 radical (unpaired) electrons. The molecule has 1 heterocycles. The van der Waals surface area contributed by atoms with Gasteiger partial charge in [-0.25, -0.2) is 8.42 Å². The minimum Gasteiger partial charge on any atom is -0.377 e. The van der Waals surface area contributed by atoms with Crippen LogP contribution in [0.25, 0.3) is 0 Å². The molecule has 124 valence electrons. The molecule has 0 N–H and O–H groups in total. The lowest BCUT2D eigenvalue weighted by Crippen LogP contribution is -2.41. The lowest BCUT2D eigenvalue weighted by molar-refractivity contribution is 0.0305. The topological polar surface area (TPSA) is 49.9 Å². The molecule has 1 aliphatic heterocycles. The Bertz CT molecular complexity index is 540. The average Bonchev–Trinajstić information content (AvgIpc) is 2.48. The fraction of sp³-hybridized carbons (Fsp3) is 0.625. The maximum Gasteiger partial charge on any atom is 0.237 e. The maximum atomic E-state index is 12.8. The van der Waals surface area contributed by atoms with E-state index < -0.39 is 10.0 Å². The van der Waals surface area contributed by atoms with Gasteiger partial charge in [0.1, 0.15) is 0 Å². The number of hydrogen-bond acceptors (Lipinski definition) is 4. The molecule has 0 amide bonds. The van der Waals surface area contributed by atoms with Gasteiger partial charge in [-0.05, 0) is 45.5 Å². The van der Waals surface area contributed by atoms with Gasteiger partial charge in [0, 0.05) is 19.7 Å². The second-order valence-electron chi connectivity index (χ2n) is 5.98. The van der Waals surface area contributed by atoms with E-state index in [1.807, 2.05) is 49.3 Å². The van der Waals surface area contributed by atoms with Gasteiger partial charge in [-0.2, -0.15) is 0 Å². The molecule has 1 aliphatic rings. The van der Waals surface area contributed by atoms with Gasteiger partial charge in [0.2, 0.25) is 10.0 Å². The zero-order chi connectivity index (χ0) is 16.0. The van der Waals surface area contributed by atoms with E-state index in [-0.39, 0.29) is 11.9 Å². The molecule has 0 aromatic heterocycles. The van der Waals surface area contributed by atoms with E-state index in [1.54, 1.807) is 0 Å². The number of hydrogen-bond donors (Lipinski definition) is 0. The summed E-state index contributed by atoms with van der Waals surface area (Å²) in [5.41, 5.74) is 0.722. The number of ether oxygens (including phenoxy) is 1. The van der Waals surface area contributed by atoms with Crippen LogP contribution in [-0.2, 0) is 14.8 Å². The summed E-state index contributed by atoms with van der Waals surface area (Å²) in [4.78, 5) is 1.99. The molecule has 0 spiro atoms. The molecule has 1 aromatic rings. The first kappa shape index (κ1) is 17.2. The first-order valence-electron chi connectivity index (χ1n) is 7.81. The number of para-hydroxylation sites is 1. The highest BCUT2D eigenvalue weighted by Crippen LogP contribution is 2.21. The van der Waals surface area contributed by atoms with Crippen molar-refractivity contribution in [3.05, 3.63) is 30.3 Å². The molecule has 0 unspecified atom stereocenters. The van der Waals surface area contributed by atoms with Crippen LogP contribution in [0, 0.1) is 0 Å². The second-order valence-corrected chi connectivity index (χ2v) is 7.92. The largest absolute Gasteiger partial charge is 0.377 e. The van der Waals surface area contributed by atoms with Gasteiger partial charge in [-0.15, -0.1) is 0 Å². The smallest absolute Gasteiger partial charge is 0.237 e. The molecular weight excluding hydrogens is 300 g/mol. The van der Waals surface area contributed by atoms with Crippen molar-refractivity contribution in [2.45, 2.75) is 25.4 Å². The fourth-order valence-corrected chi connectivity index (χ4v) is 4.29. The maximum absolute atomic E-state index is 12.8. The molecular formula is C16H26N2O3S. The van der Waals surface area contributed by atoms with Crippen LogP contribution in [-0.4, -0.2) is 59.0 Å². The van der Waals surface area contributed by atoms with Crippen molar-refractivity contribution >= 4 is 15.7 Å². The van der Waals surface area contributed by atoms with Crippen LogP contribution in [0.3, 0.4) is 0 Å². The summed E-state index contributed by atoms with van der Waals surface area (Å²) in [6.07, 6.45) is 2.72. The Hall–Kier alpha value is -1.11. The molecule has 1 fully saturated rings. The SMILES string of the molecule is CN(C)CCN(c1ccccc1)S(=O)(=O)C[C@H]1CCCCO1. The molecule has 1 atom stereocenters. The van der Waals surface area contributed by atoms with E-state index in [2.05, 4.69) is 0 Å². The zero-order valence-electron chi connectivity index (χ0n) is 13.4. The molecule has 0 bridgehead atoms. The highest BCUT2D eigenvalue weighted by Gasteiger charge is 2.28. The molecule has 5 nitrogen and oxygen atoms in total. The van der Waals surface area contributed by atoms with Gasteiger partial charge in [0.05, 0.1) is 17.5 Å². The van der Waals surface area contributed by atoms with E-state index >= 15 is 0 Å². The molecule has 2 rings (SSSR count). The molecule has 22 heavy (non-hydrogen) atoms. The highest BCUT2D eigenvalue weighted by atomic mass is 32.2. The Morgan fingerprint density at radius 1 is 1.14 bits per heavy atom. The summed E-state index contributed by atoms with van der Waals surface area (Å²) in [5.74, 6) is 0.0648. The Labute approximate surface area is 133 Å². The minimum atomic E-state index is -3.39. The quantitative estimate of drug-likeness (QED) is 0.768. The first-order chi connectivity index (χ1) is 10.5. The van der Waals surface area contributed by atoms with Gasteiger partial charge < -0.3 is 9.64 Å². The second kappa shape index (κ2) is 7.94. The summed E-state index contributed by atoms with van der Waals surface area (Å²) in [6.45, 7) is 1.80. The van der Waals surface area contributed by atoms with Gasteiger partial charge >= 0.3 is 0 Å². The lowest BCUT2D eigenvalue weighted by Gasteiger charge is -2.29. The average molecular weight is 326 g/mol. The van der Waals surface area contributed by atoms with E-state index in [0.29, 0.717) is 19.7 Å². The van der Waals surface area contributed by atoms with Gasteiger partial charge in [-0.1, -0.05) is 18.2 Å². The predicted octanol–water partition coefficient (Wildman–Crippen LogP) is 1.95. The third-order valence-electron chi connectivity index (χ3n) is 3.80. The Morgan fingerprint density at radius 3 is 2.45 bits per heavy atom. The Morgan fingerprint density at radius 2 is 1.86 bits per heavy atom. The van der Waals surface area contributed by atoms with Gasteiger partial charge in [-0.3, -0.25) is 4.31 Å². The van der Waals surface area contributed by atoms with E-state index in [9.17, 15) is 8.42 Å². The van der Waals surface area contributed by atoms with Crippen LogP contribution >= 0.6 is 0 Å². The summed E-state index contributed by atoms with van der Waals surface area (Å²) in [6, 6.07) is 9.31. The van der Waals surface area contributed by atoms with Crippen molar-refractivity contribution in [2.24, 2.45) is 0 Å². The fourth-order valence-electron chi connectivity index (χ4n) is 2.58.